The van der Waals surface area contributed by atoms with Gasteiger partial charge in [0.05, 0.1) is 24.8 Å². The Labute approximate surface area is 382 Å². The van der Waals surface area contributed by atoms with E-state index in [1.165, 1.54) is 36.8 Å². The first kappa shape index (κ1) is 44.6. The number of aliphatic carboxylic acids is 1. The number of pyridine rings is 1. The van der Waals surface area contributed by atoms with Gasteiger partial charge in [-0.3, -0.25) is 10.4 Å². The number of aliphatic hydroxyl groups is 4. The van der Waals surface area contributed by atoms with Crippen LogP contribution >= 0.6 is 0 Å². The molecule has 9 rings (SSSR count). The van der Waals surface area contributed by atoms with Crippen LogP contribution in [0.3, 0.4) is 0 Å². The molecule has 4 aromatic rings. The smallest absolute Gasteiger partial charge is 0.336 e. The van der Waals surface area contributed by atoms with Crippen LogP contribution in [0.1, 0.15) is 47.3 Å². The minimum absolute atomic E-state index is 0.0276. The number of rotatable bonds is 15. The lowest BCUT2D eigenvalue weighted by atomic mass is 9.60. The van der Waals surface area contributed by atoms with Gasteiger partial charge in [-0.2, -0.15) is 0 Å². The summed E-state index contributed by atoms with van der Waals surface area (Å²) in [6, 6.07) is 16.2. The highest BCUT2D eigenvalue weighted by atomic mass is 16.7. The lowest BCUT2D eigenvalue weighted by Crippen LogP contribution is -2.79. The molecule has 67 heavy (non-hydrogen) atoms. The topological polar surface area (TPSA) is 306 Å². The van der Waals surface area contributed by atoms with Crippen LogP contribution in [0.4, 0.5) is 5.82 Å². The van der Waals surface area contributed by atoms with Crippen molar-refractivity contribution >= 4 is 41.1 Å². The van der Waals surface area contributed by atoms with Gasteiger partial charge in [-0.15, -0.1) is 0 Å². The monoisotopic (exact) mass is 915 g/mol. The summed E-state index contributed by atoms with van der Waals surface area (Å²) in [6.45, 7) is 1.92. The number of hydrogen-bond acceptors (Lipinski definition) is 16. The molecule has 19 nitrogen and oxygen atoms in total. The number of nitrogen functional groups attached to an aromatic ring is 1. The maximum Gasteiger partial charge on any atom is 0.336 e. The summed E-state index contributed by atoms with van der Waals surface area (Å²) < 4.78 is 30.7. The Bertz CT molecular complexity index is 2840. The SMILES string of the molecule is CCc1cc(O)cc(COc2c(OC3OC(C(=O)O)C4(O)C(C5=NC=NC5)C(Cc5ccnc(N)c5)=CC3(O)C4O)cc3c(c2O)C(O)=CC(c2ccc(OCCC4=NC(=[NH2+])C=C4)cc2)O3)c1. The third-order valence-corrected chi connectivity index (χ3v) is 12.2. The van der Waals surface area contributed by atoms with Crippen molar-refractivity contribution in [2.24, 2.45) is 20.9 Å². The molecule has 346 valence electrons. The van der Waals surface area contributed by atoms with E-state index in [1.54, 1.807) is 54.6 Å². The molecule has 0 amide bonds. The highest BCUT2D eigenvalue weighted by Gasteiger charge is 2.71. The van der Waals surface area contributed by atoms with Crippen LogP contribution in [0.25, 0.3) is 5.76 Å². The molecular weight excluding hydrogens is 869 g/mol. The van der Waals surface area contributed by atoms with Gasteiger partial charge in [0.25, 0.3) is 0 Å². The third kappa shape index (κ3) is 8.44. The van der Waals surface area contributed by atoms with Crippen molar-refractivity contribution in [3.63, 3.8) is 0 Å². The van der Waals surface area contributed by atoms with Crippen LogP contribution in [-0.2, 0) is 29.0 Å². The molecule has 7 atom stereocenters. The second-order valence-corrected chi connectivity index (χ2v) is 16.7. The average Bonchev–Trinajstić information content (AvgIpc) is 3.98. The molecule has 2 bridgehead atoms. The number of allylic oxidation sites excluding steroid dienone is 1. The first-order chi connectivity index (χ1) is 32.1. The zero-order valence-corrected chi connectivity index (χ0v) is 35.9. The predicted octanol–water partition coefficient (Wildman–Crippen LogP) is 2.48. The quantitative estimate of drug-likeness (QED) is 0.0774. The van der Waals surface area contributed by atoms with E-state index in [-0.39, 0.29) is 53.7 Å². The van der Waals surface area contributed by atoms with Gasteiger partial charge in [0.2, 0.25) is 12.0 Å². The number of aromatic nitrogens is 1. The largest absolute Gasteiger partial charge is 0.508 e. The van der Waals surface area contributed by atoms with Gasteiger partial charge in [-0.05, 0) is 88.6 Å². The van der Waals surface area contributed by atoms with Crippen LogP contribution in [0.15, 0.2) is 112 Å². The van der Waals surface area contributed by atoms with Gasteiger partial charge >= 0.3 is 11.8 Å². The van der Waals surface area contributed by atoms with Crippen molar-refractivity contribution in [2.45, 2.75) is 68.6 Å². The number of aliphatic hydroxyl groups excluding tert-OH is 2. The number of aryl methyl sites for hydroxylation is 1. The van der Waals surface area contributed by atoms with Crippen molar-refractivity contribution in [3.05, 3.63) is 125 Å². The summed E-state index contributed by atoms with van der Waals surface area (Å²) in [5.41, 5.74) is 4.00. The molecule has 5 heterocycles. The molecule has 0 saturated carbocycles. The van der Waals surface area contributed by atoms with E-state index in [2.05, 4.69) is 20.0 Å². The van der Waals surface area contributed by atoms with Gasteiger partial charge in [0.15, 0.2) is 28.9 Å². The lowest BCUT2D eigenvalue weighted by molar-refractivity contribution is -0.338. The number of nitrogens with zero attached hydrogens (tertiary/aromatic N) is 4. The van der Waals surface area contributed by atoms with Gasteiger partial charge in [0.1, 0.15) is 65.1 Å². The van der Waals surface area contributed by atoms with Gasteiger partial charge in [-0.25, -0.2) is 14.8 Å². The summed E-state index contributed by atoms with van der Waals surface area (Å²) in [5.74, 6) is -3.91. The standard InChI is InChI=1S/C48H46N6O13/c1-2-24-13-26(16-30(55)15-24)22-64-42-36(19-35-39(41(42)57)33(56)18-34(65-35)27-3-6-31(7-4-27)63-12-10-29-5-8-37(49)54-29)66-46-47(61)20-28(14-25-9-11-52-38(50)17-25)40(32-21-51-23-53-32)48(62,45(47)60)43(67-46)44(58)59/h3-9,11,13,15-20,23,34,40,43,45-46,49,55-57,60-62H,2,10,12,14,21-22H2,1H3,(H2,50,52)(H,58,59)/p+1. The Kier molecular flexibility index (Phi) is 11.8. The van der Waals surface area contributed by atoms with E-state index in [9.17, 15) is 40.5 Å². The number of phenols is 2. The average molecular weight is 916 g/mol. The number of aromatic hydroxyl groups is 2. The number of fused-ring (bicyclic) bond motifs is 3. The fraction of sp³-hybridized carbons (Fsp3) is 0.292. The Morgan fingerprint density at radius 3 is 2.49 bits per heavy atom. The molecule has 19 heteroatoms. The molecule has 5 aliphatic rings. The second kappa shape index (κ2) is 17.7. The Balaban J connectivity index is 1.09. The molecule has 4 aliphatic heterocycles. The molecule has 0 spiro atoms. The van der Waals surface area contributed by atoms with Gasteiger partial charge < -0.3 is 65.2 Å². The fourth-order valence-corrected chi connectivity index (χ4v) is 9.05. The summed E-state index contributed by atoms with van der Waals surface area (Å²) in [6.07, 6.45) is 2.35. The number of nitrogens with two attached hydrogens (primary N) is 2. The fourth-order valence-electron chi connectivity index (χ4n) is 9.05. The Morgan fingerprint density at radius 1 is 1.00 bits per heavy atom. The van der Waals surface area contributed by atoms with E-state index in [4.69, 9.17) is 34.8 Å². The van der Waals surface area contributed by atoms with Gasteiger partial charge in [-0.1, -0.05) is 30.7 Å². The van der Waals surface area contributed by atoms with E-state index < -0.39 is 70.7 Å². The van der Waals surface area contributed by atoms with E-state index in [0.717, 1.165) is 11.3 Å². The van der Waals surface area contributed by atoms with Crippen LogP contribution in [-0.4, -0.2) is 113 Å². The Morgan fingerprint density at radius 2 is 1.79 bits per heavy atom. The van der Waals surface area contributed by atoms with Crippen LogP contribution < -0.4 is 30.1 Å². The number of carboxylic acids is 1. The second-order valence-electron chi connectivity index (χ2n) is 16.7. The summed E-state index contributed by atoms with van der Waals surface area (Å²) in [5, 5.41) is 87.6. The normalized spacial score (nSPS) is 25.9. The number of aliphatic imine (C=N–C) groups is 3. The van der Waals surface area contributed by atoms with Crippen molar-refractivity contribution in [1.82, 2.24) is 4.98 Å². The maximum absolute atomic E-state index is 13.2. The maximum atomic E-state index is 13.2. The van der Waals surface area contributed by atoms with Crippen LogP contribution in [0, 0.1) is 5.92 Å². The minimum Gasteiger partial charge on any atom is -0.508 e. The first-order valence-electron chi connectivity index (χ1n) is 21.3. The number of benzene rings is 3. The number of carboxylic acid groups (broad SMARTS) is 1. The number of hydrogen-bond donors (Lipinski definition) is 9. The molecule has 7 unspecified atom stereocenters. The van der Waals surface area contributed by atoms with E-state index in [0.29, 0.717) is 47.7 Å². The van der Waals surface area contributed by atoms with Crippen molar-refractivity contribution < 1.29 is 69.6 Å². The molecule has 0 radical (unpaired) electrons. The molecular formula is C48H47N6O13+. The highest BCUT2D eigenvalue weighted by molar-refractivity contribution is 6.13. The summed E-state index contributed by atoms with van der Waals surface area (Å²) in [4.78, 5) is 29.8. The molecule has 11 N–H and O–H groups in total. The van der Waals surface area contributed by atoms with Crippen molar-refractivity contribution in [2.75, 3.05) is 18.9 Å². The van der Waals surface area contributed by atoms with E-state index >= 15 is 0 Å². The first-order valence-corrected chi connectivity index (χ1v) is 21.3. The molecule has 1 aromatic heterocycles. The lowest BCUT2D eigenvalue weighted by Gasteiger charge is -2.57. The zero-order valence-electron chi connectivity index (χ0n) is 35.9. The molecule has 1 aliphatic carbocycles. The minimum atomic E-state index is -2.75. The predicted molar refractivity (Wildman–Crippen MR) is 242 cm³/mol. The van der Waals surface area contributed by atoms with Crippen molar-refractivity contribution in [1.29, 1.82) is 0 Å². The molecule has 1 fully saturated rings. The highest BCUT2D eigenvalue weighted by Crippen LogP contribution is 2.54. The number of carbonyl (C=O) groups is 1. The van der Waals surface area contributed by atoms with Crippen LogP contribution in [0.5, 0.6) is 34.5 Å². The van der Waals surface area contributed by atoms with Gasteiger partial charge in [0, 0.05) is 30.8 Å². The Hall–Kier alpha value is -7.58. The summed E-state index contributed by atoms with van der Waals surface area (Å²) in [7, 11) is 0. The number of phenolic OH excluding ortho intramolecular Hbond substituents is 2. The third-order valence-electron chi connectivity index (χ3n) is 12.2. The molecule has 1 saturated heterocycles. The number of amidine groups is 1. The van der Waals surface area contributed by atoms with Crippen LogP contribution in [0.2, 0.25) is 0 Å². The van der Waals surface area contributed by atoms with E-state index in [1.807, 2.05) is 13.0 Å². The number of ether oxygens (including phenoxy) is 5. The summed E-state index contributed by atoms with van der Waals surface area (Å²) >= 11 is 0. The number of anilines is 1. The molecule has 3 aromatic carbocycles. The van der Waals surface area contributed by atoms with Crippen molar-refractivity contribution in [3.8, 4) is 34.5 Å². The zero-order chi connectivity index (χ0) is 47.2.